The van der Waals surface area contributed by atoms with Gasteiger partial charge < -0.3 is 5.73 Å². The smallest absolute Gasteiger partial charge is 0.368 e. The summed E-state index contributed by atoms with van der Waals surface area (Å²) in [6, 6.07) is 1.20. The minimum Gasteiger partial charge on any atom is -0.368 e. The van der Waals surface area contributed by atoms with Crippen molar-refractivity contribution in [2.24, 2.45) is 13.0 Å². The van der Waals surface area contributed by atoms with Crippen LogP contribution in [-0.2, 0) is 7.05 Å². The number of nitriles is 1. The Balaban J connectivity index is 2.65. The van der Waals surface area contributed by atoms with Crippen LogP contribution in [0.3, 0.4) is 0 Å². The fraction of sp³-hybridized carbons (Fsp3) is 0.571. The van der Waals surface area contributed by atoms with Crippen molar-refractivity contribution in [3.8, 4) is 6.07 Å². The SMILES string of the molecule is Cn1c(N)nnc1SCC(C#N)C(F)(F)F. The van der Waals surface area contributed by atoms with Crippen molar-refractivity contribution in [1.29, 1.82) is 5.26 Å². The molecule has 88 valence electrons. The minimum atomic E-state index is -4.52. The quantitative estimate of drug-likeness (QED) is 0.816. The summed E-state index contributed by atoms with van der Waals surface area (Å²) in [5, 5.41) is 15.7. The number of anilines is 1. The normalized spacial score (nSPS) is 13.4. The minimum absolute atomic E-state index is 0.114. The number of alkyl halides is 3. The molecular weight excluding hydrogens is 243 g/mol. The maximum Gasteiger partial charge on any atom is 0.405 e. The lowest BCUT2D eigenvalue weighted by molar-refractivity contribution is -0.152. The maximum absolute atomic E-state index is 12.2. The van der Waals surface area contributed by atoms with E-state index in [0.29, 0.717) is 0 Å². The molecule has 0 amide bonds. The first kappa shape index (κ1) is 12.6. The fourth-order valence-corrected chi connectivity index (χ4v) is 1.78. The van der Waals surface area contributed by atoms with Crippen LogP contribution in [0.25, 0.3) is 0 Å². The Morgan fingerprint density at radius 1 is 1.56 bits per heavy atom. The Morgan fingerprint density at radius 3 is 2.56 bits per heavy atom. The number of nitrogen functional groups attached to an aromatic ring is 1. The summed E-state index contributed by atoms with van der Waals surface area (Å²) in [7, 11) is 1.53. The van der Waals surface area contributed by atoms with E-state index in [9.17, 15) is 13.2 Å². The molecule has 0 saturated heterocycles. The highest BCUT2D eigenvalue weighted by molar-refractivity contribution is 7.99. The largest absolute Gasteiger partial charge is 0.405 e. The van der Waals surface area contributed by atoms with E-state index in [0.717, 1.165) is 11.8 Å². The van der Waals surface area contributed by atoms with Crippen LogP contribution in [0.15, 0.2) is 5.16 Å². The second-order valence-corrected chi connectivity index (χ2v) is 3.92. The monoisotopic (exact) mass is 251 g/mol. The third-order valence-corrected chi connectivity index (χ3v) is 2.91. The molecule has 0 bridgehead atoms. The van der Waals surface area contributed by atoms with Crippen molar-refractivity contribution in [3.63, 3.8) is 0 Å². The van der Waals surface area contributed by atoms with Crippen molar-refractivity contribution in [3.05, 3.63) is 0 Å². The molecule has 1 atom stereocenters. The molecule has 0 saturated carbocycles. The third kappa shape index (κ3) is 2.79. The van der Waals surface area contributed by atoms with E-state index in [1.807, 2.05) is 0 Å². The van der Waals surface area contributed by atoms with Crippen LogP contribution in [0.4, 0.5) is 19.1 Å². The van der Waals surface area contributed by atoms with Gasteiger partial charge in [0.2, 0.25) is 5.95 Å². The van der Waals surface area contributed by atoms with Crippen molar-refractivity contribution < 1.29 is 13.2 Å². The third-order valence-electron chi connectivity index (χ3n) is 1.80. The van der Waals surface area contributed by atoms with Gasteiger partial charge >= 0.3 is 6.18 Å². The molecule has 2 N–H and O–H groups in total. The standard InChI is InChI=1S/C7H8F3N5S/c1-15-5(12)13-14-6(15)16-3-4(2-11)7(8,9)10/h4H,3H2,1H3,(H2,12,13). The summed E-state index contributed by atoms with van der Waals surface area (Å²) < 4.78 is 38.0. The summed E-state index contributed by atoms with van der Waals surface area (Å²) >= 11 is 0.794. The van der Waals surface area contributed by atoms with E-state index in [-0.39, 0.29) is 11.1 Å². The summed E-state index contributed by atoms with van der Waals surface area (Å²) in [6.07, 6.45) is -4.52. The first-order chi connectivity index (χ1) is 7.36. The van der Waals surface area contributed by atoms with E-state index >= 15 is 0 Å². The molecule has 0 aliphatic rings. The van der Waals surface area contributed by atoms with Gasteiger partial charge in [0.05, 0.1) is 6.07 Å². The Labute approximate surface area is 93.4 Å². The number of halogens is 3. The van der Waals surface area contributed by atoms with Crippen LogP contribution in [0.1, 0.15) is 0 Å². The molecule has 5 nitrogen and oxygen atoms in total. The van der Waals surface area contributed by atoms with Gasteiger partial charge in [0.15, 0.2) is 11.1 Å². The van der Waals surface area contributed by atoms with E-state index in [1.54, 1.807) is 0 Å². The maximum atomic E-state index is 12.2. The van der Waals surface area contributed by atoms with E-state index in [2.05, 4.69) is 10.2 Å². The molecule has 0 spiro atoms. The van der Waals surface area contributed by atoms with Crippen LogP contribution in [-0.4, -0.2) is 26.7 Å². The lowest BCUT2D eigenvalue weighted by atomic mass is 10.2. The summed E-state index contributed by atoms with van der Waals surface area (Å²) in [6.45, 7) is 0. The predicted molar refractivity (Wildman–Crippen MR) is 51.3 cm³/mol. The zero-order valence-electron chi connectivity index (χ0n) is 8.19. The Hall–Kier alpha value is -1.43. The second kappa shape index (κ2) is 4.61. The number of hydrogen-bond donors (Lipinski definition) is 1. The van der Waals surface area contributed by atoms with Crippen molar-refractivity contribution >= 4 is 17.7 Å². The summed E-state index contributed by atoms with van der Waals surface area (Å²) in [4.78, 5) is 0. The van der Waals surface area contributed by atoms with Crippen LogP contribution in [0.2, 0.25) is 0 Å². The summed E-state index contributed by atoms with van der Waals surface area (Å²) in [5.41, 5.74) is 5.35. The Bertz CT molecular complexity index is 407. The average molecular weight is 251 g/mol. The molecule has 1 unspecified atom stereocenters. The average Bonchev–Trinajstić information content (AvgIpc) is 2.48. The predicted octanol–water partition coefficient (Wildman–Crippen LogP) is 1.19. The molecule has 1 rings (SSSR count). The fourth-order valence-electron chi connectivity index (χ4n) is 0.815. The lowest BCUT2D eigenvalue weighted by Gasteiger charge is -2.11. The van der Waals surface area contributed by atoms with Crippen molar-refractivity contribution in [1.82, 2.24) is 14.8 Å². The Kier molecular flexibility index (Phi) is 3.64. The van der Waals surface area contributed by atoms with Gasteiger partial charge in [-0.25, -0.2) is 0 Å². The van der Waals surface area contributed by atoms with Crippen LogP contribution < -0.4 is 5.73 Å². The molecule has 16 heavy (non-hydrogen) atoms. The van der Waals surface area contributed by atoms with E-state index < -0.39 is 17.8 Å². The van der Waals surface area contributed by atoms with Gasteiger partial charge in [-0.3, -0.25) is 4.57 Å². The molecule has 1 aromatic heterocycles. The van der Waals surface area contributed by atoms with Gasteiger partial charge in [0.25, 0.3) is 0 Å². The highest BCUT2D eigenvalue weighted by atomic mass is 32.2. The van der Waals surface area contributed by atoms with Gasteiger partial charge in [-0.1, -0.05) is 11.8 Å². The molecule has 0 aliphatic heterocycles. The van der Waals surface area contributed by atoms with E-state index in [1.165, 1.54) is 17.7 Å². The number of rotatable bonds is 3. The highest BCUT2D eigenvalue weighted by Gasteiger charge is 2.40. The van der Waals surface area contributed by atoms with Gasteiger partial charge in [-0.15, -0.1) is 10.2 Å². The van der Waals surface area contributed by atoms with Crippen LogP contribution in [0.5, 0.6) is 0 Å². The highest BCUT2D eigenvalue weighted by Crippen LogP contribution is 2.30. The molecule has 0 radical (unpaired) electrons. The molecule has 0 aliphatic carbocycles. The van der Waals surface area contributed by atoms with Gasteiger partial charge in [-0.2, -0.15) is 18.4 Å². The van der Waals surface area contributed by atoms with E-state index in [4.69, 9.17) is 11.0 Å². The topological polar surface area (TPSA) is 80.5 Å². The number of nitrogens with zero attached hydrogens (tertiary/aromatic N) is 4. The number of thioether (sulfide) groups is 1. The molecule has 1 aromatic rings. The second-order valence-electron chi connectivity index (χ2n) is 2.93. The van der Waals surface area contributed by atoms with Gasteiger partial charge in [0.1, 0.15) is 0 Å². The molecule has 1 heterocycles. The number of nitrogens with two attached hydrogens (primary N) is 1. The molecular formula is C7H8F3N5S. The van der Waals surface area contributed by atoms with Crippen LogP contribution >= 0.6 is 11.8 Å². The molecule has 0 aromatic carbocycles. The zero-order chi connectivity index (χ0) is 12.3. The first-order valence-corrected chi connectivity index (χ1v) is 5.08. The number of aromatic nitrogens is 3. The van der Waals surface area contributed by atoms with Gasteiger partial charge in [0, 0.05) is 12.8 Å². The molecule has 9 heteroatoms. The molecule has 0 fully saturated rings. The van der Waals surface area contributed by atoms with Crippen molar-refractivity contribution in [2.75, 3.05) is 11.5 Å². The Morgan fingerprint density at radius 2 is 2.19 bits per heavy atom. The lowest BCUT2D eigenvalue weighted by Crippen LogP contribution is -2.23. The first-order valence-electron chi connectivity index (χ1n) is 4.10. The van der Waals surface area contributed by atoms with Gasteiger partial charge in [-0.05, 0) is 0 Å². The zero-order valence-corrected chi connectivity index (χ0v) is 9.01. The van der Waals surface area contributed by atoms with Crippen LogP contribution in [0, 0.1) is 17.2 Å². The van der Waals surface area contributed by atoms with Crippen molar-refractivity contribution in [2.45, 2.75) is 11.3 Å². The summed E-state index contributed by atoms with van der Waals surface area (Å²) in [5.74, 6) is -2.33. The number of hydrogen-bond acceptors (Lipinski definition) is 5.